The molecule has 48 heavy (non-hydrogen) atoms. The SMILES string of the molecule is COC(=O)[C@H]1[C@H]2C[C@@H]3c4[nH]c5cc(OC)ccc5c4CCN3C[C@H]2C[C@@H](OC(=O)c2cc(OC)c(OC)c(OC)c2)[C@@H]1OC.O=[P+](O)O. The van der Waals surface area contributed by atoms with Crippen molar-refractivity contribution in [3.05, 3.63) is 47.2 Å². The molecule has 0 amide bonds. The zero-order valence-electron chi connectivity index (χ0n) is 27.8. The molecular weight excluding hydrogens is 647 g/mol. The molecule has 0 radical (unpaired) electrons. The number of benzene rings is 2. The van der Waals surface area contributed by atoms with Crippen molar-refractivity contribution in [2.75, 3.05) is 55.7 Å². The van der Waals surface area contributed by atoms with E-state index >= 15 is 0 Å². The Hall–Kier alpha value is -3.94. The molecule has 0 unspecified atom stereocenters. The number of ether oxygens (including phenoxy) is 7. The number of piperidine rings is 1. The van der Waals surface area contributed by atoms with E-state index in [1.807, 2.05) is 12.1 Å². The lowest BCUT2D eigenvalue weighted by atomic mass is 9.63. The molecule has 3 N–H and O–H groups in total. The Bertz CT molecular complexity index is 1630. The Labute approximate surface area is 279 Å². The third-order valence-electron chi connectivity index (χ3n) is 9.76. The monoisotopic (exact) mass is 689 g/mol. The highest BCUT2D eigenvalue weighted by Crippen LogP contribution is 2.51. The lowest BCUT2D eigenvalue weighted by molar-refractivity contribution is -0.176. The van der Waals surface area contributed by atoms with Crippen LogP contribution in [0.1, 0.15) is 40.5 Å². The number of hydrogen-bond donors (Lipinski definition) is 3. The number of nitrogens with one attached hydrogen (secondary N) is 1. The van der Waals surface area contributed by atoms with Crippen molar-refractivity contribution >= 4 is 31.1 Å². The van der Waals surface area contributed by atoms with Gasteiger partial charge in [-0.15, -0.1) is 9.79 Å². The van der Waals surface area contributed by atoms with Crippen LogP contribution in [0.15, 0.2) is 30.3 Å². The van der Waals surface area contributed by atoms with Gasteiger partial charge >= 0.3 is 20.2 Å². The van der Waals surface area contributed by atoms with Gasteiger partial charge in [0.25, 0.3) is 0 Å². The van der Waals surface area contributed by atoms with Crippen molar-refractivity contribution in [3.63, 3.8) is 0 Å². The molecule has 1 aliphatic carbocycles. The first kappa shape index (κ1) is 35.4. The normalized spacial score (nSPS) is 24.5. The first-order chi connectivity index (χ1) is 23.1. The number of H-pyrrole nitrogens is 1. The zero-order valence-corrected chi connectivity index (χ0v) is 28.7. The summed E-state index contributed by atoms with van der Waals surface area (Å²) in [4.78, 5) is 47.4. The van der Waals surface area contributed by atoms with Crippen molar-refractivity contribution in [3.8, 4) is 23.0 Å². The van der Waals surface area contributed by atoms with Crippen LogP contribution in [0.25, 0.3) is 10.9 Å². The summed E-state index contributed by atoms with van der Waals surface area (Å²) in [5.74, 6) is 0.441. The van der Waals surface area contributed by atoms with Crippen molar-refractivity contribution in [2.24, 2.45) is 17.8 Å². The third-order valence-corrected chi connectivity index (χ3v) is 9.76. The van der Waals surface area contributed by atoms with Crippen molar-refractivity contribution in [1.82, 2.24) is 9.88 Å². The van der Waals surface area contributed by atoms with Gasteiger partial charge in [0, 0.05) is 47.4 Å². The molecule has 2 aliphatic heterocycles. The molecule has 1 saturated carbocycles. The topological polar surface area (TPSA) is 175 Å². The van der Waals surface area contributed by atoms with Crippen LogP contribution in [0.3, 0.4) is 0 Å². The quantitative estimate of drug-likeness (QED) is 0.230. The zero-order chi connectivity index (χ0) is 34.7. The van der Waals surface area contributed by atoms with Gasteiger partial charge in [-0.05, 0) is 60.9 Å². The number of hydrogen-bond acceptors (Lipinski definition) is 11. The standard InChI is InChI=1S/C33H40N2O9.HO3P/c1-38-19-7-8-20-21-9-10-35-16-18-13-27(44-32(36)17-11-25(39-2)30(41-4)26(12-17)40-3)31(42-5)28(33(37)43-6)22(18)15-24(35)29(21)34-23(20)14-19;1-4(2)3/h7-8,11-12,14,18,22,24,27-28,31,34H,9-10,13,15-16H2,1-6H3;(H-,1,2,3)/p+1/t18-,22+,24-,27-,28+,31+;/m1./s1. The summed E-state index contributed by atoms with van der Waals surface area (Å²) < 4.78 is 47.8. The average Bonchev–Trinajstić information content (AvgIpc) is 3.47. The number of fused-ring (bicyclic) bond motifs is 6. The van der Waals surface area contributed by atoms with Gasteiger partial charge in [0.05, 0.1) is 53.1 Å². The van der Waals surface area contributed by atoms with Crippen LogP contribution in [0.2, 0.25) is 0 Å². The fourth-order valence-electron chi connectivity index (χ4n) is 7.76. The molecule has 3 aliphatic rings. The van der Waals surface area contributed by atoms with Crippen LogP contribution in [0.4, 0.5) is 0 Å². The van der Waals surface area contributed by atoms with Crippen LogP contribution in [-0.4, -0.2) is 99.6 Å². The van der Waals surface area contributed by atoms with Crippen molar-refractivity contribution < 1.29 is 57.1 Å². The first-order valence-corrected chi connectivity index (χ1v) is 16.6. The van der Waals surface area contributed by atoms with E-state index in [-0.39, 0.29) is 29.4 Å². The minimum absolute atomic E-state index is 0.0170. The Morgan fingerprint density at radius 2 is 1.62 bits per heavy atom. The molecule has 6 atom stereocenters. The van der Waals surface area contributed by atoms with E-state index in [1.54, 1.807) is 26.4 Å². The maximum Gasteiger partial charge on any atom is 0.692 e. The number of methoxy groups -OCH3 is 6. The molecule has 3 aromatic rings. The number of carbonyl (C=O) groups is 2. The molecule has 1 aromatic heterocycles. The predicted molar refractivity (Wildman–Crippen MR) is 173 cm³/mol. The van der Waals surface area contributed by atoms with Gasteiger partial charge in [-0.3, -0.25) is 9.69 Å². The molecule has 260 valence electrons. The number of esters is 2. The second kappa shape index (κ2) is 15.1. The van der Waals surface area contributed by atoms with E-state index in [0.29, 0.717) is 23.7 Å². The number of aromatic amines is 1. The predicted octanol–water partition coefficient (Wildman–Crippen LogP) is 3.80. The number of aromatic nitrogens is 1. The van der Waals surface area contributed by atoms with Crippen LogP contribution in [-0.2, 0) is 30.0 Å². The first-order valence-electron chi connectivity index (χ1n) is 15.5. The second-order valence-corrected chi connectivity index (χ2v) is 12.5. The molecule has 15 heteroatoms. The molecule has 2 aromatic carbocycles. The molecule has 2 fully saturated rings. The van der Waals surface area contributed by atoms with Gasteiger partial charge in [0.1, 0.15) is 18.0 Å². The van der Waals surface area contributed by atoms with E-state index in [4.69, 9.17) is 47.5 Å². The lowest BCUT2D eigenvalue weighted by Gasteiger charge is -2.52. The number of nitrogens with zero attached hydrogens (tertiary/aromatic N) is 1. The van der Waals surface area contributed by atoms with Crippen LogP contribution >= 0.6 is 8.25 Å². The molecule has 0 bridgehead atoms. The highest BCUT2D eigenvalue weighted by atomic mass is 31.1. The van der Waals surface area contributed by atoms with Crippen LogP contribution in [0, 0.1) is 17.8 Å². The van der Waals surface area contributed by atoms with Gasteiger partial charge in [-0.2, -0.15) is 0 Å². The Morgan fingerprint density at radius 3 is 2.21 bits per heavy atom. The summed E-state index contributed by atoms with van der Waals surface area (Å²) in [6.07, 6.45) is 0.920. The maximum atomic E-state index is 13.5. The number of rotatable bonds is 8. The van der Waals surface area contributed by atoms with Gasteiger partial charge in [-0.1, -0.05) is 0 Å². The fraction of sp³-hybridized carbons (Fsp3) is 0.515. The largest absolute Gasteiger partial charge is 0.692 e. The second-order valence-electron chi connectivity index (χ2n) is 11.9. The molecule has 3 heterocycles. The molecule has 6 rings (SSSR count). The highest BCUT2D eigenvalue weighted by molar-refractivity contribution is 7.30. The van der Waals surface area contributed by atoms with E-state index in [0.717, 1.165) is 37.2 Å². The van der Waals surface area contributed by atoms with E-state index < -0.39 is 32.4 Å². The molecule has 0 spiro atoms. The summed E-state index contributed by atoms with van der Waals surface area (Å²) in [5.41, 5.74) is 3.83. The Morgan fingerprint density at radius 1 is 0.938 bits per heavy atom. The van der Waals surface area contributed by atoms with Crippen molar-refractivity contribution in [2.45, 2.75) is 37.5 Å². The summed E-state index contributed by atoms with van der Waals surface area (Å²) in [6.45, 7) is 1.68. The van der Waals surface area contributed by atoms with Gasteiger partial charge in [0.2, 0.25) is 5.75 Å². The minimum Gasteiger partial charge on any atom is -0.497 e. The summed E-state index contributed by atoms with van der Waals surface area (Å²) in [5, 5.41) is 1.21. The minimum atomic E-state index is -2.87. The van der Waals surface area contributed by atoms with E-state index in [1.165, 1.54) is 45.1 Å². The third kappa shape index (κ3) is 6.81. The fourth-order valence-corrected chi connectivity index (χ4v) is 7.76. The van der Waals surface area contributed by atoms with Crippen LogP contribution < -0.4 is 18.9 Å². The Kier molecular flexibility index (Phi) is 11.1. The van der Waals surface area contributed by atoms with Crippen molar-refractivity contribution in [1.29, 1.82) is 0 Å². The summed E-state index contributed by atoms with van der Waals surface area (Å²) in [6, 6.07) is 9.40. The van der Waals surface area contributed by atoms with E-state index in [9.17, 15) is 9.59 Å². The van der Waals surface area contributed by atoms with Gasteiger partial charge in [0.15, 0.2) is 11.5 Å². The van der Waals surface area contributed by atoms with Crippen LogP contribution in [0.5, 0.6) is 23.0 Å². The number of carbonyl (C=O) groups excluding carboxylic acids is 2. The van der Waals surface area contributed by atoms with Gasteiger partial charge < -0.3 is 38.1 Å². The van der Waals surface area contributed by atoms with Gasteiger partial charge in [-0.25, -0.2) is 4.79 Å². The average molecular weight is 690 g/mol. The smallest absolute Gasteiger partial charge is 0.497 e. The highest BCUT2D eigenvalue weighted by Gasteiger charge is 2.54. The summed E-state index contributed by atoms with van der Waals surface area (Å²) >= 11 is 0. The maximum absolute atomic E-state index is 13.5. The molecule has 1 saturated heterocycles. The Balaban J connectivity index is 0.00000107. The lowest BCUT2D eigenvalue weighted by Crippen LogP contribution is -2.58. The molecule has 14 nitrogen and oxygen atoms in total. The van der Waals surface area contributed by atoms with E-state index in [2.05, 4.69) is 16.0 Å². The summed E-state index contributed by atoms with van der Waals surface area (Å²) in [7, 11) is 6.23. The molecular formula is C33H42N2O12P+.